The maximum atomic E-state index is 13.7. The molecule has 1 amide bonds. The van der Waals surface area contributed by atoms with Gasteiger partial charge in [-0.15, -0.1) is 0 Å². The molecule has 2 aromatic carbocycles. The van der Waals surface area contributed by atoms with Gasteiger partial charge in [-0.05, 0) is 30.3 Å². The van der Waals surface area contributed by atoms with Crippen LogP contribution in [0.15, 0.2) is 48.5 Å². The number of nitrogens with zero attached hydrogens (tertiary/aromatic N) is 2. The third-order valence-electron chi connectivity index (χ3n) is 2.92. The Labute approximate surface area is 121 Å². The summed E-state index contributed by atoms with van der Waals surface area (Å²) in [5.41, 5.74) is 0.179. The van der Waals surface area contributed by atoms with Gasteiger partial charge in [0.25, 0.3) is 5.91 Å². The van der Waals surface area contributed by atoms with Crippen LogP contribution in [0.25, 0.3) is 0 Å². The third-order valence-corrected chi connectivity index (χ3v) is 2.92. The Morgan fingerprint density at radius 2 is 1.86 bits per heavy atom. The lowest BCUT2D eigenvalue weighted by Crippen LogP contribution is -2.32. The summed E-state index contributed by atoms with van der Waals surface area (Å²) in [5, 5.41) is 8.69. The van der Waals surface area contributed by atoms with E-state index in [1.165, 1.54) is 4.90 Å². The van der Waals surface area contributed by atoms with Crippen molar-refractivity contribution in [2.45, 2.75) is 6.42 Å². The predicted octanol–water partition coefficient (Wildman–Crippen LogP) is 3.53. The zero-order chi connectivity index (χ0) is 15.2. The van der Waals surface area contributed by atoms with E-state index in [2.05, 4.69) is 0 Å². The zero-order valence-corrected chi connectivity index (χ0v) is 11.1. The molecule has 0 bridgehead atoms. The van der Waals surface area contributed by atoms with Gasteiger partial charge in [0.1, 0.15) is 11.6 Å². The molecule has 0 radical (unpaired) electrons. The van der Waals surface area contributed by atoms with Crippen molar-refractivity contribution in [3.05, 3.63) is 65.7 Å². The van der Waals surface area contributed by atoms with Crippen LogP contribution in [-0.4, -0.2) is 12.5 Å². The van der Waals surface area contributed by atoms with E-state index < -0.39 is 17.5 Å². The van der Waals surface area contributed by atoms with E-state index in [0.717, 1.165) is 18.2 Å². The maximum Gasteiger partial charge on any atom is 0.261 e. The molecule has 0 spiro atoms. The topological polar surface area (TPSA) is 44.1 Å². The van der Waals surface area contributed by atoms with Crippen LogP contribution in [-0.2, 0) is 0 Å². The molecule has 0 saturated heterocycles. The summed E-state index contributed by atoms with van der Waals surface area (Å²) in [7, 11) is 0. The lowest BCUT2D eigenvalue weighted by atomic mass is 10.1. The van der Waals surface area contributed by atoms with Gasteiger partial charge < -0.3 is 4.90 Å². The van der Waals surface area contributed by atoms with Crippen LogP contribution < -0.4 is 4.90 Å². The van der Waals surface area contributed by atoms with E-state index in [0.29, 0.717) is 5.69 Å². The summed E-state index contributed by atoms with van der Waals surface area (Å²) in [6.45, 7) is 0.106. The number of hydrogen-bond acceptors (Lipinski definition) is 2. The molecule has 0 aliphatic heterocycles. The molecule has 0 heterocycles. The van der Waals surface area contributed by atoms with Crippen LogP contribution in [0, 0.1) is 23.0 Å². The highest BCUT2D eigenvalue weighted by Gasteiger charge is 2.21. The smallest absolute Gasteiger partial charge is 0.261 e. The second-order valence-corrected chi connectivity index (χ2v) is 4.32. The lowest BCUT2D eigenvalue weighted by Gasteiger charge is -2.22. The summed E-state index contributed by atoms with van der Waals surface area (Å²) in [5.74, 6) is -2.15. The lowest BCUT2D eigenvalue weighted by molar-refractivity contribution is 0.0983. The van der Waals surface area contributed by atoms with Crippen LogP contribution >= 0.6 is 0 Å². The van der Waals surface area contributed by atoms with E-state index in [-0.39, 0.29) is 18.5 Å². The molecule has 0 N–H and O–H groups in total. The van der Waals surface area contributed by atoms with Crippen LogP contribution in [0.5, 0.6) is 0 Å². The molecule has 5 heteroatoms. The molecular weight excluding hydrogens is 274 g/mol. The van der Waals surface area contributed by atoms with Crippen molar-refractivity contribution >= 4 is 11.6 Å². The normalized spacial score (nSPS) is 9.95. The molecule has 3 nitrogen and oxygen atoms in total. The van der Waals surface area contributed by atoms with E-state index in [4.69, 9.17) is 5.26 Å². The molecular formula is C16H12F2N2O. The summed E-state index contributed by atoms with van der Waals surface area (Å²) < 4.78 is 27.0. The molecule has 0 saturated carbocycles. The van der Waals surface area contributed by atoms with Crippen LogP contribution in [0.4, 0.5) is 14.5 Å². The first-order valence-corrected chi connectivity index (χ1v) is 6.32. The Hall–Kier alpha value is -2.74. The zero-order valence-electron chi connectivity index (χ0n) is 11.1. The van der Waals surface area contributed by atoms with Gasteiger partial charge in [0.15, 0.2) is 0 Å². The first kappa shape index (κ1) is 14.7. The molecule has 0 atom stereocenters. The van der Waals surface area contributed by atoms with E-state index in [1.54, 1.807) is 30.3 Å². The van der Waals surface area contributed by atoms with Gasteiger partial charge >= 0.3 is 0 Å². The number of amides is 1. The predicted molar refractivity (Wildman–Crippen MR) is 74.7 cm³/mol. The highest BCUT2D eigenvalue weighted by Crippen LogP contribution is 2.19. The number of halogens is 2. The fraction of sp³-hybridized carbons (Fsp3) is 0.125. The highest BCUT2D eigenvalue weighted by atomic mass is 19.1. The van der Waals surface area contributed by atoms with Gasteiger partial charge in [0.2, 0.25) is 0 Å². The maximum absolute atomic E-state index is 13.7. The summed E-state index contributed by atoms with van der Waals surface area (Å²) in [6.07, 6.45) is 0.0948. The number of nitriles is 1. The fourth-order valence-corrected chi connectivity index (χ4v) is 1.92. The first-order chi connectivity index (χ1) is 10.1. The van der Waals surface area contributed by atoms with Gasteiger partial charge in [0, 0.05) is 12.2 Å². The Morgan fingerprint density at radius 1 is 1.14 bits per heavy atom. The van der Waals surface area contributed by atoms with Crippen molar-refractivity contribution < 1.29 is 13.6 Å². The Bertz CT molecular complexity index is 680. The van der Waals surface area contributed by atoms with Crippen LogP contribution in [0.2, 0.25) is 0 Å². The summed E-state index contributed by atoms with van der Waals surface area (Å²) in [6, 6.07) is 13.2. The standard InChI is InChI=1S/C16H12F2N2O/c17-12-7-8-15(18)14(11-12)16(21)20(10-4-9-19)13-5-2-1-3-6-13/h1-3,5-8,11H,4,10H2. The number of para-hydroxylation sites is 1. The number of benzene rings is 2. The van der Waals surface area contributed by atoms with Gasteiger partial charge in [0.05, 0.1) is 18.1 Å². The molecule has 0 fully saturated rings. The van der Waals surface area contributed by atoms with Crippen molar-refractivity contribution in [1.29, 1.82) is 5.26 Å². The van der Waals surface area contributed by atoms with Gasteiger partial charge in [-0.1, -0.05) is 18.2 Å². The Kier molecular flexibility index (Phi) is 4.62. The molecule has 0 aliphatic carbocycles. The van der Waals surface area contributed by atoms with Gasteiger partial charge in [-0.2, -0.15) is 5.26 Å². The second-order valence-electron chi connectivity index (χ2n) is 4.32. The van der Waals surface area contributed by atoms with Crippen molar-refractivity contribution in [1.82, 2.24) is 0 Å². The molecule has 2 rings (SSSR count). The number of carbonyl (C=O) groups excluding carboxylic acids is 1. The first-order valence-electron chi connectivity index (χ1n) is 6.32. The minimum atomic E-state index is -0.792. The average molecular weight is 286 g/mol. The monoisotopic (exact) mass is 286 g/mol. The number of carbonyl (C=O) groups is 1. The Balaban J connectivity index is 2.39. The van der Waals surface area contributed by atoms with E-state index in [1.807, 2.05) is 6.07 Å². The third kappa shape index (κ3) is 3.42. The largest absolute Gasteiger partial charge is 0.307 e. The fourth-order valence-electron chi connectivity index (χ4n) is 1.92. The number of anilines is 1. The van der Waals surface area contributed by atoms with Crippen molar-refractivity contribution in [3.8, 4) is 6.07 Å². The molecule has 0 aliphatic rings. The highest BCUT2D eigenvalue weighted by molar-refractivity contribution is 6.06. The summed E-state index contributed by atoms with van der Waals surface area (Å²) in [4.78, 5) is 13.7. The van der Waals surface area contributed by atoms with Gasteiger partial charge in [-0.3, -0.25) is 4.79 Å². The number of hydrogen-bond donors (Lipinski definition) is 0. The second kappa shape index (κ2) is 6.62. The van der Waals surface area contributed by atoms with Crippen molar-refractivity contribution in [2.24, 2.45) is 0 Å². The minimum Gasteiger partial charge on any atom is -0.307 e. The molecule has 106 valence electrons. The average Bonchev–Trinajstić information content (AvgIpc) is 2.51. The molecule has 2 aromatic rings. The molecule has 0 aromatic heterocycles. The van der Waals surface area contributed by atoms with E-state index in [9.17, 15) is 13.6 Å². The van der Waals surface area contributed by atoms with Crippen molar-refractivity contribution in [2.75, 3.05) is 11.4 Å². The quantitative estimate of drug-likeness (QED) is 0.863. The summed E-state index contributed by atoms with van der Waals surface area (Å²) >= 11 is 0. The van der Waals surface area contributed by atoms with Crippen LogP contribution in [0.3, 0.4) is 0 Å². The van der Waals surface area contributed by atoms with Crippen molar-refractivity contribution in [3.63, 3.8) is 0 Å². The van der Waals surface area contributed by atoms with E-state index >= 15 is 0 Å². The van der Waals surface area contributed by atoms with Gasteiger partial charge in [-0.25, -0.2) is 8.78 Å². The Morgan fingerprint density at radius 3 is 2.52 bits per heavy atom. The minimum absolute atomic E-state index is 0.0948. The SMILES string of the molecule is N#CCCN(C(=O)c1cc(F)ccc1F)c1ccccc1. The molecule has 21 heavy (non-hydrogen) atoms. The number of rotatable bonds is 4. The molecule has 0 unspecified atom stereocenters. The van der Waals surface area contributed by atoms with Crippen LogP contribution in [0.1, 0.15) is 16.8 Å².